The predicted molar refractivity (Wildman–Crippen MR) is 216 cm³/mol. The summed E-state index contributed by atoms with van der Waals surface area (Å²) in [5.41, 5.74) is -5.95. The van der Waals surface area contributed by atoms with Crippen LogP contribution in [0.25, 0.3) is 0 Å². The van der Waals surface area contributed by atoms with Gasteiger partial charge in [0.1, 0.15) is 35.1 Å². The number of ether oxygens (including phenoxy) is 6. The molecular weight excluding hydrogens is 738 g/mol. The highest BCUT2D eigenvalue weighted by molar-refractivity contribution is 5.73. The van der Waals surface area contributed by atoms with E-state index in [9.17, 15) is 30.3 Å². The Hall–Kier alpha value is -1.05. The Kier molecular flexibility index (Phi) is 17.8. The second kappa shape index (κ2) is 20.2. The number of aliphatic hydroxyl groups excluding tert-OH is 2. The normalized spacial score (nSPS) is 47.4. The van der Waals surface area contributed by atoms with E-state index in [-0.39, 0.29) is 43.9 Å². The first-order chi connectivity index (χ1) is 26.3. The van der Waals surface area contributed by atoms with Crippen LogP contribution in [-0.2, 0) is 33.2 Å². The number of rotatable bonds is 11. The lowest BCUT2D eigenvalue weighted by Crippen LogP contribution is -2.70. The van der Waals surface area contributed by atoms with E-state index >= 15 is 0 Å². The lowest BCUT2D eigenvalue weighted by Gasteiger charge is -2.54. The lowest BCUT2D eigenvalue weighted by molar-refractivity contribution is -0.339. The summed E-state index contributed by atoms with van der Waals surface area (Å²) in [5, 5.41) is 62.8. The second-order valence-electron chi connectivity index (χ2n) is 18.8. The molecule has 15 nitrogen and oxygen atoms in total. The molecule has 6 N–H and O–H groups in total. The van der Waals surface area contributed by atoms with E-state index in [1.807, 2.05) is 58.6 Å². The standard InChI is InChI=1S/C42H81N3O12/c1-16-18-45(14)23-42(51)29(8)54-32(21-40(42,10)52-15)56-34-26(5)36(57-38-33(46)30(44(12)13)19-25(4)53-38)39(9,49)20-24(3)22-43-28(7)35(47)41(11,50)31(17-2)55-37(48)27(34)6/h24-36,38,43,46-47,49-51H,16-23H2,1-15H3/t24-,25-,26+,27-,28-,29+,30+,31-,32+,33-,34+,35-,36-,38+,39+,40-,41-,42+/m1/s1. The van der Waals surface area contributed by atoms with Gasteiger partial charge in [0.15, 0.2) is 12.6 Å². The summed E-state index contributed by atoms with van der Waals surface area (Å²) in [5.74, 6) is -2.66. The quantitative estimate of drug-likeness (QED) is 0.166. The number of nitrogens with one attached hydrogen (secondary N) is 1. The summed E-state index contributed by atoms with van der Waals surface area (Å²) in [6, 6.07) is -0.878. The molecule has 0 aromatic carbocycles. The molecule has 0 radical (unpaired) electrons. The van der Waals surface area contributed by atoms with Crippen LogP contribution in [0.3, 0.4) is 0 Å². The smallest absolute Gasteiger partial charge is 0.311 e. The van der Waals surface area contributed by atoms with Gasteiger partial charge < -0.3 is 69.1 Å². The van der Waals surface area contributed by atoms with Crippen LogP contribution in [0.15, 0.2) is 0 Å². The number of nitrogens with zero attached hydrogens (tertiary/aromatic N) is 2. The molecule has 0 saturated carbocycles. The van der Waals surface area contributed by atoms with Crippen molar-refractivity contribution in [1.29, 1.82) is 0 Å². The first kappa shape index (κ1) is 50.3. The maximum atomic E-state index is 14.4. The maximum Gasteiger partial charge on any atom is 0.311 e. The summed E-state index contributed by atoms with van der Waals surface area (Å²) in [6.07, 6.45) is -6.67. The molecule has 0 bridgehead atoms. The summed E-state index contributed by atoms with van der Waals surface area (Å²) in [7, 11) is 7.26. The van der Waals surface area contributed by atoms with E-state index in [0.717, 1.165) is 13.0 Å². The van der Waals surface area contributed by atoms with E-state index in [2.05, 4.69) is 12.2 Å². The van der Waals surface area contributed by atoms with Crippen LogP contribution in [0.2, 0.25) is 0 Å². The highest BCUT2D eigenvalue weighted by Gasteiger charge is 2.59. The molecule has 336 valence electrons. The van der Waals surface area contributed by atoms with E-state index in [0.29, 0.717) is 13.0 Å². The van der Waals surface area contributed by atoms with Gasteiger partial charge in [-0.25, -0.2) is 0 Å². The Morgan fingerprint density at radius 2 is 1.56 bits per heavy atom. The zero-order valence-electron chi connectivity index (χ0n) is 37.7. The Morgan fingerprint density at radius 3 is 2.12 bits per heavy atom. The van der Waals surface area contributed by atoms with E-state index in [4.69, 9.17) is 28.4 Å². The summed E-state index contributed by atoms with van der Waals surface area (Å²) in [4.78, 5) is 18.3. The van der Waals surface area contributed by atoms with Gasteiger partial charge in [-0.05, 0) is 114 Å². The minimum absolute atomic E-state index is 0.1000. The molecular formula is C42H81N3O12. The van der Waals surface area contributed by atoms with Crippen LogP contribution in [0.5, 0.6) is 0 Å². The fourth-order valence-electron chi connectivity index (χ4n) is 9.59. The third-order valence-electron chi connectivity index (χ3n) is 13.3. The molecule has 0 unspecified atom stereocenters. The zero-order valence-corrected chi connectivity index (χ0v) is 37.7. The van der Waals surface area contributed by atoms with Crippen molar-refractivity contribution < 1.29 is 58.7 Å². The molecule has 15 heteroatoms. The third-order valence-corrected chi connectivity index (χ3v) is 13.3. The largest absolute Gasteiger partial charge is 0.459 e. The molecule has 0 aromatic heterocycles. The van der Waals surface area contributed by atoms with Crippen LogP contribution < -0.4 is 5.32 Å². The second-order valence-corrected chi connectivity index (χ2v) is 18.8. The molecule has 3 saturated heterocycles. The Morgan fingerprint density at radius 1 is 0.930 bits per heavy atom. The SMILES string of the molecule is CCCN(C)C[C@]1(O)[C@H](C)O[C@@H](O[C@H]2[C@H](C)[C@@H](O[C@@H]3O[C@H](C)C[C@H](N(C)C)[C@H]3O)[C@@](C)(O)C[C@@H](C)CN[C@H](C)[C@@H](O)[C@](C)(O)[C@@H](CC)OC(=O)[C@@H]2C)C[C@@]1(C)OC. The number of methoxy groups -OCH3 is 1. The summed E-state index contributed by atoms with van der Waals surface area (Å²) >= 11 is 0. The number of esters is 1. The van der Waals surface area contributed by atoms with Gasteiger partial charge in [-0.1, -0.05) is 27.7 Å². The summed E-state index contributed by atoms with van der Waals surface area (Å²) < 4.78 is 38.5. The fraction of sp³-hybridized carbons (Fsp3) is 0.976. The van der Waals surface area contributed by atoms with Gasteiger partial charge >= 0.3 is 5.97 Å². The van der Waals surface area contributed by atoms with Crippen molar-refractivity contribution in [2.75, 3.05) is 47.9 Å². The molecule has 3 rings (SSSR count). The molecule has 0 spiro atoms. The molecule has 18 atom stereocenters. The molecule has 57 heavy (non-hydrogen) atoms. The van der Waals surface area contributed by atoms with E-state index in [1.165, 1.54) is 6.92 Å². The van der Waals surface area contributed by atoms with Gasteiger partial charge in [-0.2, -0.15) is 0 Å². The molecule has 3 heterocycles. The minimum Gasteiger partial charge on any atom is -0.459 e. The number of hydrogen-bond acceptors (Lipinski definition) is 15. The molecule has 0 aliphatic carbocycles. The van der Waals surface area contributed by atoms with Crippen LogP contribution in [0, 0.1) is 17.8 Å². The topological polar surface area (TPSA) is 192 Å². The number of likely N-dealkylation sites (N-methyl/N-ethyl adjacent to an activating group) is 2. The average Bonchev–Trinajstić information content (AvgIpc) is 3.12. The first-order valence-electron chi connectivity index (χ1n) is 21.3. The molecule has 3 aliphatic heterocycles. The fourth-order valence-corrected chi connectivity index (χ4v) is 9.59. The highest BCUT2D eigenvalue weighted by Crippen LogP contribution is 2.43. The van der Waals surface area contributed by atoms with Gasteiger partial charge in [0.2, 0.25) is 0 Å². The van der Waals surface area contributed by atoms with Crippen molar-refractivity contribution in [3.05, 3.63) is 0 Å². The van der Waals surface area contributed by atoms with Crippen LogP contribution in [0.1, 0.15) is 108 Å². The Labute approximate surface area is 343 Å². The highest BCUT2D eigenvalue weighted by atomic mass is 16.7. The van der Waals surface area contributed by atoms with E-state index in [1.54, 1.807) is 41.7 Å². The third kappa shape index (κ3) is 11.5. The van der Waals surface area contributed by atoms with Gasteiger partial charge in [-0.3, -0.25) is 4.79 Å². The molecule has 3 aliphatic rings. The van der Waals surface area contributed by atoms with Gasteiger partial charge in [0.05, 0.1) is 35.9 Å². The van der Waals surface area contributed by atoms with Crippen LogP contribution >= 0.6 is 0 Å². The molecule has 0 amide bonds. The van der Waals surface area contributed by atoms with Crippen molar-refractivity contribution in [1.82, 2.24) is 15.1 Å². The predicted octanol–water partition coefficient (Wildman–Crippen LogP) is 2.27. The van der Waals surface area contributed by atoms with Gasteiger partial charge in [0, 0.05) is 38.1 Å². The van der Waals surface area contributed by atoms with Crippen molar-refractivity contribution in [2.24, 2.45) is 17.8 Å². The lowest BCUT2D eigenvalue weighted by atomic mass is 9.75. The zero-order chi connectivity index (χ0) is 43.4. The maximum absolute atomic E-state index is 14.4. The van der Waals surface area contributed by atoms with Gasteiger partial charge in [0.25, 0.3) is 0 Å². The van der Waals surface area contributed by atoms with Crippen molar-refractivity contribution in [3.63, 3.8) is 0 Å². The summed E-state index contributed by atoms with van der Waals surface area (Å²) in [6.45, 7) is 21.1. The minimum atomic E-state index is -1.81. The number of aliphatic hydroxyl groups is 5. The van der Waals surface area contributed by atoms with Crippen molar-refractivity contribution in [2.45, 2.75) is 198 Å². The number of carbonyl (C=O) groups excluding carboxylic acids is 1. The van der Waals surface area contributed by atoms with E-state index < -0.39 is 95.5 Å². The van der Waals surface area contributed by atoms with Crippen molar-refractivity contribution >= 4 is 5.97 Å². The first-order valence-corrected chi connectivity index (χ1v) is 21.3. The van der Waals surface area contributed by atoms with Crippen molar-refractivity contribution in [3.8, 4) is 0 Å². The monoisotopic (exact) mass is 820 g/mol. The Bertz CT molecular complexity index is 1260. The molecule has 3 fully saturated rings. The number of carbonyl (C=O) groups is 1. The van der Waals surface area contributed by atoms with Gasteiger partial charge in [-0.15, -0.1) is 0 Å². The average molecular weight is 820 g/mol. The Balaban J connectivity index is 2.17. The van der Waals surface area contributed by atoms with Crippen LogP contribution in [0.4, 0.5) is 0 Å². The van der Waals surface area contributed by atoms with Crippen LogP contribution in [-0.4, -0.2) is 179 Å². The number of hydrogen-bond donors (Lipinski definition) is 6. The number of cyclic esters (lactones) is 1. The molecule has 0 aromatic rings.